The summed E-state index contributed by atoms with van der Waals surface area (Å²) >= 11 is 0. The van der Waals surface area contributed by atoms with Crippen LogP contribution in [0.1, 0.15) is 25.0 Å². The third kappa shape index (κ3) is 6.11. The lowest BCUT2D eigenvalue weighted by Crippen LogP contribution is -2.59. The Labute approximate surface area is 374 Å². The summed E-state index contributed by atoms with van der Waals surface area (Å²) in [6.07, 6.45) is 0. The van der Waals surface area contributed by atoms with Crippen LogP contribution in [-0.2, 0) is 5.41 Å². The Balaban J connectivity index is 1.02. The van der Waals surface area contributed by atoms with Gasteiger partial charge in [-0.2, -0.15) is 0 Å². The maximum Gasteiger partial charge on any atom is 0.256 e. The Morgan fingerprint density at radius 3 is 1.71 bits per heavy atom. The summed E-state index contributed by atoms with van der Waals surface area (Å²) in [4.78, 5) is 3.72. The highest BCUT2D eigenvalue weighted by Gasteiger charge is 2.45. The van der Waals surface area contributed by atoms with Crippen LogP contribution in [0.25, 0.3) is 33.4 Å². The van der Waals surface area contributed by atoms with Gasteiger partial charge in [0.25, 0.3) is 6.71 Å². The minimum atomic E-state index is -0.677. The molecule has 0 spiro atoms. The second kappa shape index (κ2) is 14.6. The van der Waals surface area contributed by atoms with E-state index in [-0.39, 0.29) is 24.0 Å². The van der Waals surface area contributed by atoms with Crippen LogP contribution >= 0.6 is 0 Å². The first-order chi connectivity index (χ1) is 31.6. The number of hydrogen-bond donors (Lipinski definition) is 0. The van der Waals surface area contributed by atoms with Crippen molar-refractivity contribution in [3.8, 4) is 44.9 Å². The molecule has 9 aromatic rings. The smallest absolute Gasteiger partial charge is 0.256 e. The Bertz CT molecular complexity index is 3310. The van der Waals surface area contributed by atoms with E-state index in [1.54, 1.807) is 29.2 Å². The molecule has 8 heteroatoms. The zero-order valence-electron chi connectivity index (χ0n) is 35.3. The number of benzene rings is 9. The molecule has 12 rings (SSSR count). The molecule has 0 aromatic heterocycles. The average molecular weight is 853 g/mol. The van der Waals surface area contributed by atoms with Crippen molar-refractivity contribution >= 4 is 57.2 Å². The Hall–Kier alpha value is -7.84. The van der Waals surface area contributed by atoms with Crippen LogP contribution in [-0.4, -0.2) is 6.71 Å². The fourth-order valence-corrected chi connectivity index (χ4v) is 10.3. The molecule has 9 aromatic carbocycles. The molecule has 0 saturated heterocycles. The monoisotopic (exact) mass is 852 g/mol. The molecule has 1 aliphatic carbocycles. The van der Waals surface area contributed by atoms with Gasteiger partial charge in [-0.3, -0.25) is 0 Å². The number of rotatable bonds is 6. The molecule has 0 fully saturated rings. The van der Waals surface area contributed by atoms with Gasteiger partial charge >= 0.3 is 0 Å². The van der Waals surface area contributed by atoms with Gasteiger partial charge in [0.1, 0.15) is 28.8 Å². The molecule has 312 valence electrons. The van der Waals surface area contributed by atoms with E-state index in [9.17, 15) is 8.78 Å². The van der Waals surface area contributed by atoms with Gasteiger partial charge < -0.3 is 14.5 Å². The lowest BCUT2D eigenvalue weighted by Gasteiger charge is -2.40. The third-order valence-electron chi connectivity index (χ3n) is 13.4. The van der Waals surface area contributed by atoms with E-state index in [0.717, 1.165) is 72.4 Å². The van der Waals surface area contributed by atoms with Crippen molar-refractivity contribution in [2.45, 2.75) is 19.3 Å². The summed E-state index contributed by atoms with van der Waals surface area (Å²) in [6.45, 7) is 4.08. The Morgan fingerprint density at radius 1 is 0.462 bits per heavy atom. The lowest BCUT2D eigenvalue weighted by atomic mass is 9.34. The first kappa shape index (κ1) is 38.8. The van der Waals surface area contributed by atoms with Gasteiger partial charge in [-0.15, -0.1) is 0 Å². The summed E-state index contributed by atoms with van der Waals surface area (Å²) in [5, 5.41) is 0. The van der Waals surface area contributed by atoms with Gasteiger partial charge in [0, 0.05) is 33.9 Å². The van der Waals surface area contributed by atoms with Gasteiger partial charge in [-0.05, 0) is 158 Å². The topological polar surface area (TPSA) is 15.7 Å². The van der Waals surface area contributed by atoms with Crippen molar-refractivity contribution in [2.75, 3.05) is 9.80 Å². The van der Waals surface area contributed by atoms with Crippen LogP contribution in [0.4, 0.5) is 51.7 Å². The van der Waals surface area contributed by atoms with Gasteiger partial charge in [0.15, 0.2) is 11.6 Å². The maximum atomic E-state index is 16.8. The predicted molar refractivity (Wildman–Crippen MR) is 255 cm³/mol. The first-order valence-electron chi connectivity index (χ1n) is 21.6. The molecule has 0 unspecified atom stereocenters. The lowest BCUT2D eigenvalue weighted by molar-refractivity contribution is 0.487. The number of nitrogens with zero attached hydrogens (tertiary/aromatic N) is 2. The third-order valence-corrected chi connectivity index (χ3v) is 13.4. The molecule has 3 nitrogen and oxygen atoms in total. The van der Waals surface area contributed by atoms with E-state index < -0.39 is 17.0 Å². The fraction of sp³-hybridized carbons (Fsp3) is 0.0526. The second-order valence-electron chi connectivity index (χ2n) is 17.4. The van der Waals surface area contributed by atoms with Crippen LogP contribution in [0.3, 0.4) is 0 Å². The van der Waals surface area contributed by atoms with Crippen LogP contribution < -0.4 is 30.9 Å². The van der Waals surface area contributed by atoms with E-state index in [1.165, 1.54) is 36.4 Å². The molecule has 2 aliphatic heterocycles. The van der Waals surface area contributed by atoms with Gasteiger partial charge in [-0.1, -0.05) is 105 Å². The zero-order valence-corrected chi connectivity index (χ0v) is 35.3. The number of ether oxygens (including phenoxy) is 1. The zero-order chi connectivity index (χ0) is 44.1. The molecule has 0 atom stereocenters. The SMILES string of the molecule is CC1(C)c2cc(N(c3ccc(F)cc3)c3ccc(F)cc3)ccc2-c2cc3c(cc21)B1c2cc(-c4ccccc4)ccc2N(c2c(F)cc(-c4ccccc4)cc2F)c2cccc(c21)O3. The molecular formula is C57H37BF4N2O. The molecule has 0 radical (unpaired) electrons. The summed E-state index contributed by atoms with van der Waals surface area (Å²) in [6, 6.07) is 57.4. The van der Waals surface area contributed by atoms with Crippen LogP contribution in [0.2, 0.25) is 0 Å². The molecule has 0 amide bonds. The fourth-order valence-electron chi connectivity index (χ4n) is 10.3. The van der Waals surface area contributed by atoms with Gasteiger partial charge in [0.05, 0.1) is 0 Å². The van der Waals surface area contributed by atoms with Gasteiger partial charge in [0.2, 0.25) is 0 Å². The summed E-state index contributed by atoms with van der Waals surface area (Å²) in [5.41, 5.74) is 13.1. The van der Waals surface area contributed by atoms with E-state index in [4.69, 9.17) is 4.74 Å². The molecule has 3 aliphatic rings. The van der Waals surface area contributed by atoms with Gasteiger partial charge in [-0.25, -0.2) is 17.6 Å². The standard InChI is InChI=1S/C57H37BF4N2O/c1-57(2)45-31-42(63(40-21-17-38(59)18-22-40)41-23-19-39(60)20-24-41)25-26-43(45)44-32-54-48(33-46(44)57)58-47-28-36(34-10-5-3-6-11-34)16-27-51(47)64(52-14-9-15-53(65-54)55(52)58)56-49(61)29-37(30-50(56)62)35-12-7-4-8-13-35/h3-33H,1-2H3. The van der Waals surface area contributed by atoms with Crippen LogP contribution in [0, 0.1) is 23.3 Å². The Morgan fingerprint density at radius 2 is 1.06 bits per heavy atom. The molecule has 2 heterocycles. The molecule has 0 saturated carbocycles. The first-order valence-corrected chi connectivity index (χ1v) is 21.6. The predicted octanol–water partition coefficient (Wildman–Crippen LogP) is 13.8. The van der Waals surface area contributed by atoms with Crippen LogP contribution in [0.5, 0.6) is 11.5 Å². The Kier molecular flexibility index (Phi) is 8.72. The van der Waals surface area contributed by atoms with Crippen molar-refractivity contribution in [3.05, 3.63) is 222 Å². The average Bonchev–Trinajstić information content (AvgIpc) is 3.54. The maximum absolute atomic E-state index is 16.8. The van der Waals surface area contributed by atoms with Crippen molar-refractivity contribution in [1.82, 2.24) is 0 Å². The number of fused-ring (bicyclic) bond motifs is 7. The number of hydrogen-bond acceptors (Lipinski definition) is 3. The molecule has 65 heavy (non-hydrogen) atoms. The quantitative estimate of drug-likeness (QED) is 0.122. The summed E-state index contributed by atoms with van der Waals surface area (Å²) < 4.78 is 68.8. The van der Waals surface area contributed by atoms with Crippen molar-refractivity contribution in [2.24, 2.45) is 0 Å². The minimum Gasteiger partial charge on any atom is -0.458 e. The van der Waals surface area contributed by atoms with Crippen molar-refractivity contribution in [3.63, 3.8) is 0 Å². The highest BCUT2D eigenvalue weighted by atomic mass is 19.1. The van der Waals surface area contributed by atoms with E-state index >= 15 is 8.78 Å². The molecular weight excluding hydrogens is 815 g/mol. The van der Waals surface area contributed by atoms with Crippen molar-refractivity contribution < 1.29 is 22.3 Å². The minimum absolute atomic E-state index is 0.160. The molecule has 0 N–H and O–H groups in total. The largest absolute Gasteiger partial charge is 0.458 e. The number of anilines is 6. The highest BCUT2D eigenvalue weighted by molar-refractivity contribution is 6.99. The summed E-state index contributed by atoms with van der Waals surface area (Å²) in [7, 11) is 0. The van der Waals surface area contributed by atoms with Crippen molar-refractivity contribution in [1.29, 1.82) is 0 Å². The second-order valence-corrected chi connectivity index (χ2v) is 17.4. The van der Waals surface area contributed by atoms with E-state index in [2.05, 4.69) is 56.3 Å². The van der Waals surface area contributed by atoms with E-state index in [0.29, 0.717) is 28.4 Å². The highest BCUT2D eigenvalue weighted by Crippen LogP contribution is 2.53. The van der Waals surface area contributed by atoms with E-state index in [1.807, 2.05) is 89.8 Å². The molecule has 0 bridgehead atoms. The number of halogens is 4. The summed E-state index contributed by atoms with van der Waals surface area (Å²) in [5.74, 6) is -0.724. The van der Waals surface area contributed by atoms with Crippen LogP contribution in [0.15, 0.2) is 188 Å². The normalized spacial score (nSPS) is 13.6.